The van der Waals surface area contributed by atoms with Gasteiger partial charge in [0.25, 0.3) is 0 Å². The molecule has 10 nitrogen and oxygen atoms in total. The molecule has 0 bridgehead atoms. The van der Waals surface area contributed by atoms with Gasteiger partial charge in [-0.05, 0) is 5.92 Å². The van der Waals surface area contributed by atoms with Crippen LogP contribution in [0.15, 0.2) is 0 Å². The van der Waals surface area contributed by atoms with Gasteiger partial charge in [-0.2, -0.15) is 0 Å². The van der Waals surface area contributed by atoms with Gasteiger partial charge in [0.1, 0.15) is 42.7 Å². The Bertz CT molecular complexity index is 381. The molecule has 0 radical (unpaired) electrons. The third-order valence-electron chi connectivity index (χ3n) is 4.32. The van der Waals surface area contributed by atoms with Crippen molar-refractivity contribution in [3.63, 3.8) is 0 Å². The van der Waals surface area contributed by atoms with Gasteiger partial charge < -0.3 is 50.0 Å². The minimum absolute atomic E-state index is 0.385. The van der Waals surface area contributed by atoms with E-state index in [9.17, 15) is 30.6 Å². The van der Waals surface area contributed by atoms with Gasteiger partial charge in [0.05, 0.1) is 19.3 Å². The molecule has 6 unspecified atom stereocenters. The zero-order valence-electron chi connectivity index (χ0n) is 14.5. The summed E-state index contributed by atoms with van der Waals surface area (Å²) in [5.74, 6) is -0.385. The van der Waals surface area contributed by atoms with E-state index >= 15 is 0 Å². The normalized spacial score (nSPS) is 35.4. The number of hydrogen-bond donors (Lipinski definition) is 7. The average Bonchev–Trinajstić information content (AvgIpc) is 2.59. The van der Waals surface area contributed by atoms with Crippen LogP contribution in [-0.4, -0.2) is 111 Å². The molecule has 1 fully saturated rings. The zero-order valence-corrected chi connectivity index (χ0v) is 14.5. The average molecular weight is 370 g/mol. The highest BCUT2D eigenvalue weighted by molar-refractivity contribution is 4.92. The quantitative estimate of drug-likeness (QED) is 0.217. The molecule has 150 valence electrons. The lowest BCUT2D eigenvalue weighted by Gasteiger charge is -2.43. The minimum Gasteiger partial charge on any atom is -0.394 e. The summed E-state index contributed by atoms with van der Waals surface area (Å²) in [7, 11) is 1.25. The SMILES string of the molecule is COC1C(O)[C@H](OC(C(O)C(C)C)[C@H](O)C(O)CO)OC(CO)[C@H]1O. The number of aliphatic hydroxyl groups excluding tert-OH is 7. The topological polar surface area (TPSA) is 169 Å². The Balaban J connectivity index is 3.00. The van der Waals surface area contributed by atoms with Gasteiger partial charge >= 0.3 is 0 Å². The van der Waals surface area contributed by atoms with E-state index in [1.807, 2.05) is 0 Å². The van der Waals surface area contributed by atoms with Crippen LogP contribution >= 0.6 is 0 Å². The summed E-state index contributed by atoms with van der Waals surface area (Å²) < 4.78 is 15.8. The minimum atomic E-state index is -1.67. The summed E-state index contributed by atoms with van der Waals surface area (Å²) in [4.78, 5) is 0. The Hall–Kier alpha value is -0.400. The van der Waals surface area contributed by atoms with E-state index in [1.165, 1.54) is 7.11 Å². The predicted octanol–water partition coefficient (Wildman–Crippen LogP) is -3.44. The molecular weight excluding hydrogens is 340 g/mol. The van der Waals surface area contributed by atoms with Gasteiger partial charge in [-0.3, -0.25) is 0 Å². The Kier molecular flexibility index (Phi) is 9.12. The summed E-state index contributed by atoms with van der Waals surface area (Å²) in [6.45, 7) is 1.95. The van der Waals surface area contributed by atoms with Crippen LogP contribution in [0.2, 0.25) is 0 Å². The van der Waals surface area contributed by atoms with Crippen molar-refractivity contribution in [1.82, 2.24) is 0 Å². The Labute approximate surface area is 146 Å². The van der Waals surface area contributed by atoms with E-state index in [1.54, 1.807) is 13.8 Å². The lowest BCUT2D eigenvalue weighted by Crippen LogP contribution is -2.62. The van der Waals surface area contributed by atoms with Crippen LogP contribution in [-0.2, 0) is 14.2 Å². The van der Waals surface area contributed by atoms with Crippen molar-refractivity contribution in [2.45, 2.75) is 69.0 Å². The lowest BCUT2D eigenvalue weighted by atomic mass is 9.94. The lowest BCUT2D eigenvalue weighted by molar-refractivity contribution is -0.330. The number of methoxy groups -OCH3 is 1. The zero-order chi connectivity index (χ0) is 19.3. The van der Waals surface area contributed by atoms with Crippen LogP contribution in [0.25, 0.3) is 0 Å². The number of ether oxygens (including phenoxy) is 3. The molecule has 0 aromatic carbocycles. The fourth-order valence-corrected chi connectivity index (χ4v) is 2.67. The maximum absolute atomic E-state index is 10.3. The second-order valence-corrected chi connectivity index (χ2v) is 6.48. The van der Waals surface area contributed by atoms with E-state index in [4.69, 9.17) is 19.3 Å². The van der Waals surface area contributed by atoms with Crippen LogP contribution < -0.4 is 0 Å². The molecular formula is C15H30O10. The molecule has 1 aliphatic rings. The monoisotopic (exact) mass is 370 g/mol. The third-order valence-corrected chi connectivity index (χ3v) is 4.32. The third kappa shape index (κ3) is 5.30. The molecule has 0 aliphatic carbocycles. The molecule has 0 saturated carbocycles. The van der Waals surface area contributed by atoms with Gasteiger partial charge in [0.2, 0.25) is 0 Å². The van der Waals surface area contributed by atoms with Gasteiger partial charge in [-0.15, -0.1) is 0 Å². The highest BCUT2D eigenvalue weighted by atomic mass is 16.7. The summed E-state index contributed by atoms with van der Waals surface area (Å²) in [6, 6.07) is 0. The highest BCUT2D eigenvalue weighted by Crippen LogP contribution is 2.27. The molecule has 9 atom stereocenters. The fourth-order valence-electron chi connectivity index (χ4n) is 2.67. The van der Waals surface area contributed by atoms with Crippen LogP contribution in [0.3, 0.4) is 0 Å². The summed E-state index contributed by atoms with van der Waals surface area (Å²) in [6.07, 6.45) is -12.4. The smallest absolute Gasteiger partial charge is 0.187 e. The maximum Gasteiger partial charge on any atom is 0.187 e. The summed E-state index contributed by atoms with van der Waals surface area (Å²) in [5, 5.41) is 68.6. The Morgan fingerprint density at radius 3 is 2.04 bits per heavy atom. The summed E-state index contributed by atoms with van der Waals surface area (Å²) in [5.41, 5.74) is 0. The van der Waals surface area contributed by atoms with E-state index in [0.717, 1.165) is 0 Å². The number of hydrogen-bond acceptors (Lipinski definition) is 10. The molecule has 10 heteroatoms. The first-order valence-corrected chi connectivity index (χ1v) is 8.15. The van der Waals surface area contributed by atoms with Crippen LogP contribution in [0.1, 0.15) is 13.8 Å². The van der Waals surface area contributed by atoms with Crippen molar-refractivity contribution in [3.05, 3.63) is 0 Å². The van der Waals surface area contributed by atoms with Gasteiger partial charge in [-0.1, -0.05) is 13.8 Å². The maximum atomic E-state index is 10.3. The Morgan fingerprint density at radius 1 is 1.00 bits per heavy atom. The molecule has 1 heterocycles. The van der Waals surface area contributed by atoms with E-state index < -0.39 is 68.3 Å². The molecule has 1 rings (SSSR count). The second kappa shape index (κ2) is 10.1. The standard InChI is InChI=1S/C15H30O10/c1-6(2)9(19)14(10(20)7(18)4-16)25-15-12(22)13(23-3)11(21)8(5-17)24-15/h6-22H,4-5H2,1-3H3/t7?,8?,9?,10-,11-,12?,13?,14?,15+/m1/s1. The molecule has 0 spiro atoms. The van der Waals surface area contributed by atoms with Crippen molar-refractivity contribution < 1.29 is 50.0 Å². The largest absolute Gasteiger partial charge is 0.394 e. The first-order valence-electron chi connectivity index (χ1n) is 8.15. The van der Waals surface area contributed by atoms with Gasteiger partial charge in [0, 0.05) is 7.11 Å². The van der Waals surface area contributed by atoms with Crippen molar-refractivity contribution in [3.8, 4) is 0 Å². The second-order valence-electron chi connectivity index (χ2n) is 6.48. The van der Waals surface area contributed by atoms with Crippen molar-refractivity contribution in [2.24, 2.45) is 5.92 Å². The van der Waals surface area contributed by atoms with Gasteiger partial charge in [0.15, 0.2) is 6.29 Å². The van der Waals surface area contributed by atoms with Crippen molar-refractivity contribution in [1.29, 1.82) is 0 Å². The van der Waals surface area contributed by atoms with Gasteiger partial charge in [-0.25, -0.2) is 0 Å². The molecule has 0 aromatic heterocycles. The van der Waals surface area contributed by atoms with Crippen LogP contribution in [0, 0.1) is 5.92 Å². The molecule has 25 heavy (non-hydrogen) atoms. The van der Waals surface area contributed by atoms with Crippen LogP contribution in [0.4, 0.5) is 0 Å². The fraction of sp³-hybridized carbons (Fsp3) is 1.00. The Morgan fingerprint density at radius 2 is 1.60 bits per heavy atom. The number of aliphatic hydroxyl groups is 7. The highest BCUT2D eigenvalue weighted by Gasteiger charge is 2.47. The van der Waals surface area contributed by atoms with E-state index in [2.05, 4.69) is 0 Å². The molecule has 0 amide bonds. The van der Waals surface area contributed by atoms with Crippen LogP contribution in [0.5, 0.6) is 0 Å². The van der Waals surface area contributed by atoms with E-state index in [-0.39, 0.29) is 5.92 Å². The molecule has 0 aromatic rings. The molecule has 1 aliphatic heterocycles. The molecule has 7 N–H and O–H groups in total. The molecule has 1 saturated heterocycles. The first-order chi connectivity index (χ1) is 11.7. The predicted molar refractivity (Wildman–Crippen MR) is 83.4 cm³/mol. The van der Waals surface area contributed by atoms with Crippen molar-refractivity contribution in [2.75, 3.05) is 20.3 Å². The van der Waals surface area contributed by atoms with E-state index in [0.29, 0.717) is 0 Å². The first kappa shape index (κ1) is 22.6. The van der Waals surface area contributed by atoms with Crippen molar-refractivity contribution >= 4 is 0 Å². The number of rotatable bonds is 9. The summed E-state index contributed by atoms with van der Waals surface area (Å²) >= 11 is 0.